The number of piperidine rings is 2. The summed E-state index contributed by atoms with van der Waals surface area (Å²) in [7, 11) is 3.88. The van der Waals surface area contributed by atoms with Crippen LogP contribution in [0.5, 0.6) is 0 Å². The predicted octanol–water partition coefficient (Wildman–Crippen LogP) is 1.58. The Hall–Kier alpha value is -1.14. The minimum atomic E-state index is 0.669. The second-order valence-electron chi connectivity index (χ2n) is 7.34. The second-order valence-corrected chi connectivity index (χ2v) is 7.34. The molecule has 3 fully saturated rings. The first kappa shape index (κ1) is 14.5. The third kappa shape index (κ3) is 2.86. The van der Waals surface area contributed by atoms with Gasteiger partial charge in [-0.15, -0.1) is 0 Å². The molecule has 2 saturated heterocycles. The van der Waals surface area contributed by atoms with Crippen molar-refractivity contribution in [3.8, 4) is 0 Å². The van der Waals surface area contributed by atoms with Crippen molar-refractivity contribution in [2.45, 2.75) is 50.7 Å². The highest BCUT2D eigenvalue weighted by Gasteiger charge is 2.42. The minimum Gasteiger partial charge on any atom is -0.344 e. The van der Waals surface area contributed by atoms with Crippen molar-refractivity contribution in [3.05, 3.63) is 5.89 Å². The highest BCUT2D eigenvalue weighted by Crippen LogP contribution is 2.38. The lowest BCUT2D eigenvalue weighted by molar-refractivity contribution is 0.0125. The van der Waals surface area contributed by atoms with E-state index >= 15 is 0 Å². The van der Waals surface area contributed by atoms with E-state index in [0.717, 1.165) is 37.0 Å². The third-order valence-corrected chi connectivity index (χ3v) is 5.43. The van der Waals surface area contributed by atoms with Gasteiger partial charge < -0.3 is 9.42 Å². The van der Waals surface area contributed by atoms with Gasteiger partial charge in [-0.05, 0) is 49.7 Å². The maximum absolute atomic E-state index is 5.38. The lowest BCUT2D eigenvalue weighted by Gasteiger charge is -2.47. The molecule has 3 aliphatic rings. The molecular weight excluding hydrogens is 278 g/mol. The Morgan fingerprint density at radius 2 is 2.05 bits per heavy atom. The lowest BCUT2D eigenvalue weighted by Crippen LogP contribution is -2.54. The van der Waals surface area contributed by atoms with Crippen molar-refractivity contribution >= 4 is 5.95 Å². The van der Waals surface area contributed by atoms with Gasteiger partial charge in [0.15, 0.2) is 0 Å². The summed E-state index contributed by atoms with van der Waals surface area (Å²) in [6.45, 7) is 4.48. The van der Waals surface area contributed by atoms with Crippen LogP contribution in [-0.2, 0) is 6.54 Å². The summed E-state index contributed by atoms with van der Waals surface area (Å²) in [4.78, 5) is 11.7. The maximum atomic E-state index is 5.38. The first-order chi connectivity index (χ1) is 10.7. The van der Waals surface area contributed by atoms with Gasteiger partial charge in [0.1, 0.15) is 0 Å². The Kier molecular flexibility index (Phi) is 3.82. The Morgan fingerprint density at radius 3 is 2.77 bits per heavy atom. The normalized spacial score (nSPS) is 30.3. The summed E-state index contributed by atoms with van der Waals surface area (Å²) >= 11 is 0. The highest BCUT2D eigenvalue weighted by molar-refractivity contribution is 5.23. The van der Waals surface area contributed by atoms with Crippen LogP contribution >= 0.6 is 0 Å². The molecule has 0 amide bonds. The molecule has 2 aliphatic heterocycles. The fourth-order valence-corrected chi connectivity index (χ4v) is 4.20. The second kappa shape index (κ2) is 5.81. The molecule has 0 radical (unpaired) electrons. The molecule has 122 valence electrons. The van der Waals surface area contributed by atoms with Crippen molar-refractivity contribution in [1.82, 2.24) is 19.9 Å². The van der Waals surface area contributed by atoms with Crippen molar-refractivity contribution in [1.29, 1.82) is 0 Å². The first-order valence-electron chi connectivity index (χ1n) is 8.68. The predicted molar refractivity (Wildman–Crippen MR) is 84.8 cm³/mol. The van der Waals surface area contributed by atoms with Crippen LogP contribution in [0.4, 0.5) is 5.95 Å². The van der Waals surface area contributed by atoms with Crippen molar-refractivity contribution in [2.24, 2.45) is 5.92 Å². The molecule has 0 spiro atoms. The molecule has 0 aromatic carbocycles. The molecule has 1 aromatic rings. The van der Waals surface area contributed by atoms with E-state index in [2.05, 4.69) is 19.9 Å². The molecule has 2 atom stereocenters. The van der Waals surface area contributed by atoms with E-state index in [9.17, 15) is 0 Å². The van der Waals surface area contributed by atoms with Gasteiger partial charge in [0.25, 0.3) is 5.95 Å². The van der Waals surface area contributed by atoms with E-state index in [-0.39, 0.29) is 0 Å². The smallest absolute Gasteiger partial charge is 0.265 e. The monoisotopic (exact) mass is 305 g/mol. The maximum Gasteiger partial charge on any atom is 0.265 e. The van der Waals surface area contributed by atoms with E-state index < -0.39 is 0 Å². The number of likely N-dealkylation sites (tertiary alicyclic amines) is 2. The van der Waals surface area contributed by atoms with Crippen LogP contribution in [0.1, 0.15) is 38.0 Å². The zero-order valence-corrected chi connectivity index (χ0v) is 13.7. The van der Waals surface area contributed by atoms with Gasteiger partial charge in [0.05, 0.1) is 6.54 Å². The van der Waals surface area contributed by atoms with Gasteiger partial charge in [-0.2, -0.15) is 4.98 Å². The van der Waals surface area contributed by atoms with Gasteiger partial charge in [0, 0.05) is 39.3 Å². The zero-order chi connectivity index (χ0) is 15.1. The molecule has 6 heteroatoms. The SMILES string of the molecule is CN(C)c1noc(CN2CC[C@@H]3[C@H](CCCN3C3CC3)C2)n1. The number of hydrogen-bond acceptors (Lipinski definition) is 6. The van der Waals surface area contributed by atoms with Crippen LogP contribution in [0, 0.1) is 5.92 Å². The molecule has 6 nitrogen and oxygen atoms in total. The quantitative estimate of drug-likeness (QED) is 0.842. The number of aromatic nitrogens is 2. The number of rotatable bonds is 4. The third-order valence-electron chi connectivity index (χ3n) is 5.43. The summed E-state index contributed by atoms with van der Waals surface area (Å²) in [5.74, 6) is 2.25. The van der Waals surface area contributed by atoms with Gasteiger partial charge in [-0.3, -0.25) is 9.80 Å². The number of hydrogen-bond donors (Lipinski definition) is 0. The first-order valence-corrected chi connectivity index (χ1v) is 8.68. The molecule has 3 heterocycles. The summed E-state index contributed by atoms with van der Waals surface area (Å²) < 4.78 is 5.38. The topological polar surface area (TPSA) is 48.6 Å². The zero-order valence-electron chi connectivity index (χ0n) is 13.7. The molecule has 0 unspecified atom stereocenters. The van der Waals surface area contributed by atoms with E-state index in [4.69, 9.17) is 4.52 Å². The standard InChI is InChI=1S/C16H27N5O/c1-19(2)16-17-15(22-18-16)11-20-9-7-14-12(10-20)4-3-8-21(14)13-5-6-13/h12-14H,3-11H2,1-2H3/t12-,14-/m1/s1. The Morgan fingerprint density at radius 1 is 1.18 bits per heavy atom. The van der Waals surface area contributed by atoms with Crippen LogP contribution in [0.3, 0.4) is 0 Å². The average molecular weight is 305 g/mol. The molecule has 0 bridgehead atoms. The summed E-state index contributed by atoms with van der Waals surface area (Å²) in [5, 5.41) is 4.01. The fourth-order valence-electron chi connectivity index (χ4n) is 4.20. The highest BCUT2D eigenvalue weighted by atomic mass is 16.5. The van der Waals surface area contributed by atoms with Gasteiger partial charge >= 0.3 is 0 Å². The summed E-state index contributed by atoms with van der Waals surface area (Å²) in [6.07, 6.45) is 6.92. The van der Waals surface area contributed by atoms with Crippen LogP contribution in [-0.4, -0.2) is 65.8 Å². The fraction of sp³-hybridized carbons (Fsp3) is 0.875. The van der Waals surface area contributed by atoms with Crippen LogP contribution in [0.15, 0.2) is 4.52 Å². The van der Waals surface area contributed by atoms with Crippen molar-refractivity contribution in [3.63, 3.8) is 0 Å². The average Bonchev–Trinajstić information content (AvgIpc) is 3.25. The van der Waals surface area contributed by atoms with Crippen molar-refractivity contribution in [2.75, 3.05) is 38.6 Å². The summed E-state index contributed by atoms with van der Waals surface area (Å²) in [5.41, 5.74) is 0. The van der Waals surface area contributed by atoms with Gasteiger partial charge in [0.2, 0.25) is 5.89 Å². The van der Waals surface area contributed by atoms with Gasteiger partial charge in [-0.1, -0.05) is 0 Å². The number of anilines is 1. The number of nitrogens with zero attached hydrogens (tertiary/aromatic N) is 5. The van der Waals surface area contributed by atoms with E-state index in [0.29, 0.717) is 5.95 Å². The minimum absolute atomic E-state index is 0.669. The Balaban J connectivity index is 1.37. The Bertz CT molecular complexity index is 512. The Labute approximate surface area is 132 Å². The van der Waals surface area contributed by atoms with E-state index in [1.54, 1.807) is 0 Å². The molecule has 1 aliphatic carbocycles. The van der Waals surface area contributed by atoms with Crippen LogP contribution in [0.2, 0.25) is 0 Å². The van der Waals surface area contributed by atoms with Crippen LogP contribution < -0.4 is 4.90 Å². The van der Waals surface area contributed by atoms with Crippen LogP contribution in [0.25, 0.3) is 0 Å². The van der Waals surface area contributed by atoms with Gasteiger partial charge in [-0.25, -0.2) is 0 Å². The van der Waals surface area contributed by atoms with Crippen molar-refractivity contribution < 1.29 is 4.52 Å². The molecule has 1 aromatic heterocycles. The number of fused-ring (bicyclic) bond motifs is 1. The molecule has 0 N–H and O–H groups in total. The van der Waals surface area contributed by atoms with E-state index in [1.807, 2.05) is 19.0 Å². The largest absolute Gasteiger partial charge is 0.344 e. The van der Waals surface area contributed by atoms with E-state index in [1.165, 1.54) is 45.2 Å². The molecule has 22 heavy (non-hydrogen) atoms. The lowest BCUT2D eigenvalue weighted by atomic mass is 9.83. The molecule has 1 saturated carbocycles. The summed E-state index contributed by atoms with van der Waals surface area (Å²) in [6, 6.07) is 1.75. The molecular formula is C16H27N5O. The molecule has 4 rings (SSSR count).